The van der Waals surface area contributed by atoms with Crippen LogP contribution in [0.5, 0.6) is 0 Å². The van der Waals surface area contributed by atoms with E-state index in [2.05, 4.69) is 26.6 Å². The zero-order valence-electron chi connectivity index (χ0n) is 14.1. The maximum absolute atomic E-state index is 12.5. The molecule has 0 radical (unpaired) electrons. The van der Waals surface area contributed by atoms with E-state index in [1.807, 2.05) is 42.5 Å². The Labute approximate surface area is 160 Å². The minimum absolute atomic E-state index is 0.191. The molecule has 0 saturated carbocycles. The molecule has 130 valence electrons. The zero-order chi connectivity index (χ0) is 18.5. The highest BCUT2D eigenvalue weighted by Gasteiger charge is 2.14. The highest BCUT2D eigenvalue weighted by Crippen LogP contribution is 2.20. The molecule has 0 aromatic heterocycles. The van der Waals surface area contributed by atoms with Crippen molar-refractivity contribution < 1.29 is 9.59 Å². The van der Waals surface area contributed by atoms with E-state index < -0.39 is 0 Å². The summed E-state index contributed by atoms with van der Waals surface area (Å²) in [6.45, 7) is 0. The molecule has 0 aliphatic heterocycles. The molecule has 26 heavy (non-hydrogen) atoms. The number of hydrogen-bond donors (Lipinski definition) is 2. The number of carbonyl (C=O) groups excluding carboxylic acids is 2. The summed E-state index contributed by atoms with van der Waals surface area (Å²) >= 11 is 3.34. The lowest BCUT2D eigenvalue weighted by Crippen LogP contribution is -2.33. The van der Waals surface area contributed by atoms with Crippen molar-refractivity contribution in [2.45, 2.75) is 0 Å². The van der Waals surface area contributed by atoms with Gasteiger partial charge in [-0.25, -0.2) is 0 Å². The molecular weight excluding hydrogens is 392 g/mol. The van der Waals surface area contributed by atoms with Crippen LogP contribution in [0.2, 0.25) is 0 Å². The largest absolute Gasteiger partial charge is 0.354 e. The summed E-state index contributed by atoms with van der Waals surface area (Å²) in [6.07, 6.45) is 1.69. The van der Waals surface area contributed by atoms with Crippen LogP contribution in [-0.4, -0.2) is 18.9 Å². The minimum Gasteiger partial charge on any atom is -0.354 e. The Hall–Kier alpha value is -2.92. The summed E-state index contributed by atoms with van der Waals surface area (Å²) in [7, 11) is 1.53. The van der Waals surface area contributed by atoms with Gasteiger partial charge in [0, 0.05) is 17.1 Å². The fourth-order valence-corrected chi connectivity index (χ4v) is 2.88. The first-order valence-electron chi connectivity index (χ1n) is 8.07. The molecular formula is C21H17BrN2O2. The van der Waals surface area contributed by atoms with E-state index >= 15 is 0 Å². The second kappa shape index (κ2) is 7.97. The van der Waals surface area contributed by atoms with Gasteiger partial charge in [0.15, 0.2) is 0 Å². The summed E-state index contributed by atoms with van der Waals surface area (Å²) in [5.74, 6) is -0.698. The summed E-state index contributed by atoms with van der Waals surface area (Å²) < 4.78 is 0.881. The molecule has 0 saturated heterocycles. The Bertz CT molecular complexity index is 989. The van der Waals surface area contributed by atoms with Crippen LogP contribution in [0.4, 0.5) is 0 Å². The van der Waals surface area contributed by atoms with E-state index in [1.54, 1.807) is 30.3 Å². The van der Waals surface area contributed by atoms with Crippen molar-refractivity contribution in [1.29, 1.82) is 0 Å². The second-order valence-corrected chi connectivity index (χ2v) is 6.58. The van der Waals surface area contributed by atoms with Gasteiger partial charge in [0.2, 0.25) is 0 Å². The lowest BCUT2D eigenvalue weighted by Gasteiger charge is -2.10. The van der Waals surface area contributed by atoms with Crippen LogP contribution in [0, 0.1) is 0 Å². The van der Waals surface area contributed by atoms with Gasteiger partial charge in [0.05, 0.1) is 0 Å². The van der Waals surface area contributed by atoms with Crippen LogP contribution in [0.1, 0.15) is 15.9 Å². The Morgan fingerprint density at radius 2 is 1.62 bits per heavy atom. The number of nitrogens with one attached hydrogen (secondary N) is 2. The molecule has 0 spiro atoms. The first-order valence-corrected chi connectivity index (χ1v) is 8.86. The lowest BCUT2D eigenvalue weighted by molar-refractivity contribution is -0.117. The minimum atomic E-state index is -0.358. The standard InChI is InChI=1S/C21H17BrN2O2/c1-23-21(26)19(24-20(25)15-9-11-17(22)12-10-15)13-16-7-4-6-14-5-2-3-8-18(14)16/h2-13H,1H3,(H,23,26)(H,24,25)/b19-13-. The smallest absolute Gasteiger partial charge is 0.267 e. The average molecular weight is 409 g/mol. The van der Waals surface area contributed by atoms with E-state index in [9.17, 15) is 9.59 Å². The molecule has 0 atom stereocenters. The van der Waals surface area contributed by atoms with Gasteiger partial charge in [-0.05, 0) is 46.7 Å². The summed E-state index contributed by atoms with van der Waals surface area (Å²) in [5.41, 5.74) is 1.52. The normalized spacial score (nSPS) is 11.2. The molecule has 2 N–H and O–H groups in total. The Balaban J connectivity index is 1.97. The maximum Gasteiger partial charge on any atom is 0.267 e. The van der Waals surface area contributed by atoms with Crippen molar-refractivity contribution in [2.24, 2.45) is 0 Å². The van der Waals surface area contributed by atoms with Gasteiger partial charge in [0.25, 0.3) is 11.8 Å². The number of likely N-dealkylation sites (N-methyl/N-ethyl adjacent to an activating group) is 1. The SMILES string of the molecule is CNC(=O)/C(=C/c1cccc2ccccc12)NC(=O)c1ccc(Br)cc1. The summed E-state index contributed by atoms with van der Waals surface area (Å²) in [6, 6.07) is 20.7. The van der Waals surface area contributed by atoms with Crippen molar-refractivity contribution in [2.75, 3.05) is 7.05 Å². The van der Waals surface area contributed by atoms with Gasteiger partial charge in [-0.2, -0.15) is 0 Å². The highest BCUT2D eigenvalue weighted by molar-refractivity contribution is 9.10. The van der Waals surface area contributed by atoms with E-state index in [1.165, 1.54) is 7.05 Å². The molecule has 0 aliphatic carbocycles. The van der Waals surface area contributed by atoms with Crippen molar-refractivity contribution >= 4 is 44.6 Å². The number of rotatable bonds is 4. The third-order valence-electron chi connectivity index (χ3n) is 3.95. The van der Waals surface area contributed by atoms with Gasteiger partial charge in [-0.1, -0.05) is 58.4 Å². The molecule has 3 rings (SSSR count). The van der Waals surface area contributed by atoms with E-state index in [0.717, 1.165) is 20.8 Å². The average Bonchev–Trinajstić information content (AvgIpc) is 2.67. The van der Waals surface area contributed by atoms with Crippen molar-refractivity contribution in [3.8, 4) is 0 Å². The predicted octanol–water partition coefficient (Wildman–Crippen LogP) is 4.12. The van der Waals surface area contributed by atoms with Gasteiger partial charge in [0.1, 0.15) is 5.70 Å². The molecule has 0 aliphatic rings. The number of carbonyl (C=O) groups is 2. The molecule has 3 aromatic carbocycles. The number of benzene rings is 3. The number of fused-ring (bicyclic) bond motifs is 1. The van der Waals surface area contributed by atoms with Gasteiger partial charge in [-0.15, -0.1) is 0 Å². The monoisotopic (exact) mass is 408 g/mol. The van der Waals surface area contributed by atoms with Gasteiger partial charge < -0.3 is 10.6 Å². The van der Waals surface area contributed by atoms with Crippen LogP contribution < -0.4 is 10.6 Å². The third-order valence-corrected chi connectivity index (χ3v) is 4.48. The van der Waals surface area contributed by atoms with E-state index in [4.69, 9.17) is 0 Å². The van der Waals surface area contributed by atoms with Crippen LogP contribution in [0.25, 0.3) is 16.8 Å². The number of hydrogen-bond acceptors (Lipinski definition) is 2. The molecule has 4 nitrogen and oxygen atoms in total. The first kappa shape index (κ1) is 17.9. The fourth-order valence-electron chi connectivity index (χ4n) is 2.62. The lowest BCUT2D eigenvalue weighted by atomic mass is 10.0. The quantitative estimate of drug-likeness (QED) is 0.637. The number of halogens is 1. The van der Waals surface area contributed by atoms with Gasteiger partial charge in [-0.3, -0.25) is 9.59 Å². The zero-order valence-corrected chi connectivity index (χ0v) is 15.7. The second-order valence-electron chi connectivity index (χ2n) is 5.67. The van der Waals surface area contributed by atoms with Crippen molar-refractivity contribution in [3.05, 3.63) is 88.0 Å². The van der Waals surface area contributed by atoms with Crippen molar-refractivity contribution in [3.63, 3.8) is 0 Å². The first-order chi connectivity index (χ1) is 12.6. The van der Waals surface area contributed by atoms with Crippen LogP contribution in [0.15, 0.2) is 76.9 Å². The Morgan fingerprint density at radius 1 is 0.923 bits per heavy atom. The molecule has 0 bridgehead atoms. The van der Waals surface area contributed by atoms with Crippen LogP contribution >= 0.6 is 15.9 Å². The fraction of sp³-hybridized carbons (Fsp3) is 0.0476. The topological polar surface area (TPSA) is 58.2 Å². The van der Waals surface area contributed by atoms with Crippen LogP contribution in [-0.2, 0) is 4.79 Å². The third kappa shape index (κ3) is 4.00. The Morgan fingerprint density at radius 3 is 2.35 bits per heavy atom. The number of amides is 2. The molecule has 0 heterocycles. The molecule has 0 unspecified atom stereocenters. The van der Waals surface area contributed by atoms with Gasteiger partial charge >= 0.3 is 0 Å². The summed E-state index contributed by atoms with van der Waals surface area (Å²) in [5, 5.41) is 7.36. The molecule has 2 amide bonds. The van der Waals surface area contributed by atoms with E-state index in [0.29, 0.717) is 5.56 Å². The van der Waals surface area contributed by atoms with Crippen LogP contribution in [0.3, 0.4) is 0 Å². The molecule has 0 fully saturated rings. The van der Waals surface area contributed by atoms with E-state index in [-0.39, 0.29) is 17.5 Å². The van der Waals surface area contributed by atoms with Crippen molar-refractivity contribution in [1.82, 2.24) is 10.6 Å². The highest BCUT2D eigenvalue weighted by atomic mass is 79.9. The molecule has 3 aromatic rings. The summed E-state index contributed by atoms with van der Waals surface area (Å²) in [4.78, 5) is 24.8. The maximum atomic E-state index is 12.5. The predicted molar refractivity (Wildman–Crippen MR) is 108 cm³/mol. The Kier molecular flexibility index (Phi) is 5.49. The molecule has 5 heteroatoms.